The quantitative estimate of drug-likeness (QED) is 0.559. The fraction of sp³-hybridized carbons (Fsp3) is 0.158. The second-order valence-electron chi connectivity index (χ2n) is 5.97. The van der Waals surface area contributed by atoms with E-state index in [1.165, 1.54) is 5.56 Å². The second-order valence-corrected chi connectivity index (χ2v) is 6.91. The topological polar surface area (TPSA) is 48.7 Å². The van der Waals surface area contributed by atoms with Gasteiger partial charge in [-0.1, -0.05) is 12.1 Å². The lowest BCUT2D eigenvalue weighted by Crippen LogP contribution is -1.93. The Morgan fingerprint density at radius 3 is 3.00 bits per heavy atom. The Hall–Kier alpha value is -2.86. The lowest BCUT2D eigenvalue weighted by Gasteiger charge is -2.01. The molecule has 0 unspecified atom stereocenters. The number of pyridine rings is 1. The van der Waals surface area contributed by atoms with Crippen LogP contribution in [0, 0.1) is 6.92 Å². The summed E-state index contributed by atoms with van der Waals surface area (Å²) in [5.74, 6) is 1.62. The zero-order chi connectivity index (χ0) is 16.8. The van der Waals surface area contributed by atoms with Gasteiger partial charge in [-0.2, -0.15) is 0 Å². The molecule has 0 bridgehead atoms. The first-order valence-electron chi connectivity index (χ1n) is 8.05. The van der Waals surface area contributed by atoms with Crippen LogP contribution in [-0.2, 0) is 6.42 Å². The Morgan fingerprint density at radius 2 is 2.04 bits per heavy atom. The molecule has 5 rings (SSSR count). The van der Waals surface area contributed by atoms with Crippen molar-refractivity contribution in [3.8, 4) is 22.9 Å². The summed E-state index contributed by atoms with van der Waals surface area (Å²) in [6.45, 7) is 2.33. The first-order valence-corrected chi connectivity index (χ1v) is 8.93. The Bertz CT molecular complexity index is 1080. The van der Waals surface area contributed by atoms with Crippen LogP contribution in [0.3, 0.4) is 0 Å². The van der Waals surface area contributed by atoms with Gasteiger partial charge in [-0.15, -0.1) is 11.3 Å². The van der Waals surface area contributed by atoms with Crippen LogP contribution in [0.2, 0.25) is 0 Å². The van der Waals surface area contributed by atoms with Crippen LogP contribution in [0.1, 0.15) is 16.3 Å². The van der Waals surface area contributed by atoms with Crippen LogP contribution in [-0.4, -0.2) is 21.2 Å². The number of benzene rings is 1. The van der Waals surface area contributed by atoms with Crippen LogP contribution >= 0.6 is 11.3 Å². The number of thiazole rings is 1. The highest BCUT2D eigenvalue weighted by atomic mass is 32.1. The molecular weight excluding hydrogens is 334 g/mol. The zero-order valence-corrected chi connectivity index (χ0v) is 14.4. The van der Waals surface area contributed by atoms with E-state index >= 15 is 0 Å². The molecule has 6 heteroatoms. The summed E-state index contributed by atoms with van der Waals surface area (Å²) >= 11 is 1.67. The number of rotatable bonds is 3. The van der Waals surface area contributed by atoms with E-state index in [9.17, 15) is 0 Å². The summed E-state index contributed by atoms with van der Waals surface area (Å²) in [5, 5.41) is 3.17. The molecule has 5 nitrogen and oxygen atoms in total. The fourth-order valence-corrected chi connectivity index (χ4v) is 3.96. The summed E-state index contributed by atoms with van der Waals surface area (Å²) < 4.78 is 12.9. The molecule has 1 aromatic carbocycles. The molecule has 4 heterocycles. The van der Waals surface area contributed by atoms with E-state index in [1.54, 1.807) is 11.3 Å². The largest absolute Gasteiger partial charge is 0.454 e. The average molecular weight is 349 g/mol. The number of ether oxygens (including phenoxy) is 2. The van der Waals surface area contributed by atoms with Gasteiger partial charge in [-0.05, 0) is 36.8 Å². The van der Waals surface area contributed by atoms with Crippen molar-refractivity contribution in [2.75, 3.05) is 6.79 Å². The highest BCUT2D eigenvalue weighted by Gasteiger charge is 2.16. The minimum atomic E-state index is 0.299. The first-order chi connectivity index (χ1) is 12.3. The molecule has 0 amide bonds. The van der Waals surface area contributed by atoms with Gasteiger partial charge in [-0.25, -0.2) is 9.97 Å². The number of aromatic nitrogens is 3. The van der Waals surface area contributed by atoms with Crippen molar-refractivity contribution in [3.05, 3.63) is 64.2 Å². The molecule has 0 N–H and O–H groups in total. The lowest BCUT2D eigenvalue weighted by molar-refractivity contribution is 0.174. The van der Waals surface area contributed by atoms with Crippen molar-refractivity contribution < 1.29 is 9.47 Å². The highest BCUT2D eigenvalue weighted by molar-refractivity contribution is 7.10. The predicted molar refractivity (Wildman–Crippen MR) is 96.4 cm³/mol. The molecule has 3 aromatic heterocycles. The second kappa shape index (κ2) is 5.60. The summed E-state index contributed by atoms with van der Waals surface area (Å²) in [6.07, 6.45) is 2.80. The van der Waals surface area contributed by atoms with Crippen molar-refractivity contribution in [1.82, 2.24) is 14.4 Å². The Labute approximate surface area is 148 Å². The monoisotopic (exact) mass is 349 g/mol. The van der Waals surface area contributed by atoms with Gasteiger partial charge >= 0.3 is 0 Å². The van der Waals surface area contributed by atoms with Gasteiger partial charge in [-0.3, -0.25) is 4.40 Å². The van der Waals surface area contributed by atoms with E-state index in [0.717, 1.165) is 45.7 Å². The maximum Gasteiger partial charge on any atom is 0.231 e. The number of nitrogens with zero attached hydrogens (tertiary/aromatic N) is 3. The predicted octanol–water partition coefficient (Wildman–Crippen LogP) is 4.09. The van der Waals surface area contributed by atoms with Gasteiger partial charge in [0.15, 0.2) is 11.5 Å². The smallest absolute Gasteiger partial charge is 0.231 e. The van der Waals surface area contributed by atoms with Gasteiger partial charge in [0.25, 0.3) is 0 Å². The number of aryl methyl sites for hydroxylation is 1. The molecule has 0 aliphatic carbocycles. The molecule has 0 fully saturated rings. The minimum absolute atomic E-state index is 0.299. The van der Waals surface area contributed by atoms with E-state index in [-0.39, 0.29) is 0 Å². The average Bonchev–Trinajstić information content (AvgIpc) is 3.32. The first kappa shape index (κ1) is 14.5. The van der Waals surface area contributed by atoms with Gasteiger partial charge in [0, 0.05) is 18.0 Å². The summed E-state index contributed by atoms with van der Waals surface area (Å²) in [7, 11) is 0. The Morgan fingerprint density at radius 1 is 1.12 bits per heavy atom. The van der Waals surface area contributed by atoms with E-state index < -0.39 is 0 Å². The summed E-state index contributed by atoms with van der Waals surface area (Å²) in [4.78, 5) is 9.46. The molecule has 0 radical (unpaired) electrons. The van der Waals surface area contributed by atoms with Gasteiger partial charge in [0.1, 0.15) is 11.3 Å². The third kappa shape index (κ3) is 2.46. The molecular formula is C19H15N3O2S. The van der Waals surface area contributed by atoms with Crippen molar-refractivity contribution in [2.24, 2.45) is 0 Å². The van der Waals surface area contributed by atoms with Crippen LogP contribution < -0.4 is 9.47 Å². The van der Waals surface area contributed by atoms with Gasteiger partial charge < -0.3 is 9.47 Å². The van der Waals surface area contributed by atoms with Crippen LogP contribution in [0.5, 0.6) is 11.5 Å². The number of imidazole rings is 1. The van der Waals surface area contributed by atoms with Crippen LogP contribution in [0.15, 0.2) is 48.0 Å². The molecule has 124 valence electrons. The molecule has 0 saturated heterocycles. The zero-order valence-electron chi connectivity index (χ0n) is 13.6. The van der Waals surface area contributed by atoms with Crippen molar-refractivity contribution >= 4 is 17.0 Å². The third-order valence-electron chi connectivity index (χ3n) is 4.29. The Balaban J connectivity index is 1.48. The van der Waals surface area contributed by atoms with Gasteiger partial charge in [0.2, 0.25) is 6.79 Å². The standard InChI is InChI=1S/C19H15N3O2S/c1-12-19(22-7-3-2-4-17(22)20-12)14-10-25-18(21-14)9-13-5-6-15-16(8-13)24-11-23-15/h2-8,10H,9,11H2,1H3. The van der Waals surface area contributed by atoms with E-state index in [0.29, 0.717) is 6.79 Å². The van der Waals surface area contributed by atoms with Crippen LogP contribution in [0.25, 0.3) is 17.0 Å². The molecule has 1 aliphatic rings. The number of fused-ring (bicyclic) bond motifs is 2. The normalized spacial score (nSPS) is 12.8. The van der Waals surface area contributed by atoms with Gasteiger partial charge in [0.05, 0.1) is 16.4 Å². The maximum absolute atomic E-state index is 5.45. The molecule has 4 aromatic rings. The summed E-state index contributed by atoms with van der Waals surface area (Å²) in [6, 6.07) is 12.1. The number of hydrogen-bond acceptors (Lipinski definition) is 5. The third-order valence-corrected chi connectivity index (χ3v) is 5.14. The fourth-order valence-electron chi connectivity index (χ4n) is 3.15. The maximum atomic E-state index is 5.45. The van der Waals surface area contributed by atoms with Crippen molar-refractivity contribution in [2.45, 2.75) is 13.3 Å². The van der Waals surface area contributed by atoms with Crippen LogP contribution in [0.4, 0.5) is 0 Å². The van der Waals surface area contributed by atoms with E-state index in [2.05, 4.69) is 20.8 Å². The minimum Gasteiger partial charge on any atom is -0.454 e. The molecule has 0 spiro atoms. The number of hydrogen-bond donors (Lipinski definition) is 0. The lowest BCUT2D eigenvalue weighted by atomic mass is 10.1. The summed E-state index contributed by atoms with van der Waals surface area (Å²) in [5.41, 5.74) is 5.13. The molecule has 1 aliphatic heterocycles. The van der Waals surface area contributed by atoms with E-state index in [4.69, 9.17) is 14.5 Å². The van der Waals surface area contributed by atoms with Crippen molar-refractivity contribution in [3.63, 3.8) is 0 Å². The Kier molecular flexibility index (Phi) is 3.24. The molecule has 0 saturated carbocycles. The van der Waals surface area contributed by atoms with E-state index in [1.807, 2.05) is 43.5 Å². The molecule has 25 heavy (non-hydrogen) atoms. The molecule has 0 atom stereocenters. The van der Waals surface area contributed by atoms with Crippen molar-refractivity contribution in [1.29, 1.82) is 0 Å². The SMILES string of the molecule is Cc1nc2ccccn2c1-c1csc(Cc2ccc3c(c2)OCO3)n1. The highest BCUT2D eigenvalue weighted by Crippen LogP contribution is 2.34.